The summed E-state index contributed by atoms with van der Waals surface area (Å²) in [6.45, 7) is -0.0443. The second-order valence-electron chi connectivity index (χ2n) is 5.32. The number of hydrogen-bond donors (Lipinski definition) is 1. The van der Waals surface area contributed by atoms with Gasteiger partial charge >= 0.3 is 0 Å². The van der Waals surface area contributed by atoms with Crippen LogP contribution in [0.15, 0.2) is 51.8 Å². The summed E-state index contributed by atoms with van der Waals surface area (Å²) in [7, 11) is -2.50. The van der Waals surface area contributed by atoms with Crippen LogP contribution < -0.4 is 5.73 Å². The van der Waals surface area contributed by atoms with Crippen molar-refractivity contribution in [3.8, 4) is 0 Å². The van der Waals surface area contributed by atoms with Gasteiger partial charge in [0.2, 0.25) is 10.0 Å². The van der Waals surface area contributed by atoms with Gasteiger partial charge in [-0.1, -0.05) is 6.07 Å². The number of nitro groups is 1. The van der Waals surface area contributed by atoms with Gasteiger partial charge in [0, 0.05) is 31.8 Å². The highest BCUT2D eigenvalue weighted by Crippen LogP contribution is 2.23. The Morgan fingerprint density at radius 2 is 1.88 bits per heavy atom. The number of likely N-dealkylation sites (N-methyl/N-ethyl adjacent to an activating group) is 1. The summed E-state index contributed by atoms with van der Waals surface area (Å²) in [5.74, 6) is -0.442. The summed E-state index contributed by atoms with van der Waals surface area (Å²) >= 11 is 3.06. The monoisotopic (exact) mass is 431 g/mol. The van der Waals surface area contributed by atoms with Crippen LogP contribution in [0, 0.1) is 15.9 Å². The van der Waals surface area contributed by atoms with E-state index in [4.69, 9.17) is 5.73 Å². The van der Waals surface area contributed by atoms with E-state index in [2.05, 4.69) is 15.9 Å². The van der Waals surface area contributed by atoms with E-state index >= 15 is 0 Å². The zero-order valence-corrected chi connectivity index (χ0v) is 15.5. The lowest BCUT2D eigenvalue weighted by atomic mass is 10.1. The van der Waals surface area contributed by atoms with Crippen LogP contribution in [-0.2, 0) is 10.0 Å². The Kier molecular flexibility index (Phi) is 5.88. The second kappa shape index (κ2) is 7.56. The molecule has 10 heteroatoms. The molecule has 0 heterocycles. The number of hydrogen-bond acceptors (Lipinski definition) is 5. The minimum absolute atomic E-state index is 0.0443. The number of nitrogens with two attached hydrogens (primary N) is 1. The molecule has 0 aromatic heterocycles. The Morgan fingerprint density at radius 1 is 1.28 bits per heavy atom. The molecule has 0 saturated heterocycles. The topological polar surface area (TPSA) is 107 Å². The minimum Gasteiger partial charge on any atom is -0.323 e. The molecule has 0 bridgehead atoms. The first kappa shape index (κ1) is 19.4. The third kappa shape index (κ3) is 4.40. The van der Waals surface area contributed by atoms with Crippen LogP contribution in [0.25, 0.3) is 0 Å². The average molecular weight is 432 g/mol. The predicted octanol–water partition coefficient (Wildman–Crippen LogP) is 2.82. The van der Waals surface area contributed by atoms with Gasteiger partial charge in [0.15, 0.2) is 0 Å². The van der Waals surface area contributed by atoms with Gasteiger partial charge in [-0.2, -0.15) is 4.31 Å². The standard InChI is InChI=1S/C15H15BrFN3O4S/c1-19(9-15(18)10-2-7-14(17)13(16)8-10)25(23,24)12-5-3-11(4-6-12)20(21)22/h2-8,15H,9,18H2,1H3/t15-/m1/s1. The van der Waals surface area contributed by atoms with Crippen LogP contribution in [0.4, 0.5) is 10.1 Å². The van der Waals surface area contributed by atoms with Crippen LogP contribution >= 0.6 is 15.9 Å². The molecule has 0 spiro atoms. The maximum Gasteiger partial charge on any atom is 0.269 e. The molecule has 1 atom stereocenters. The molecule has 2 aromatic carbocycles. The van der Waals surface area contributed by atoms with Crippen molar-refractivity contribution in [2.24, 2.45) is 5.73 Å². The van der Waals surface area contributed by atoms with E-state index in [0.717, 1.165) is 16.4 Å². The average Bonchev–Trinajstić information content (AvgIpc) is 2.57. The van der Waals surface area contributed by atoms with Crippen molar-refractivity contribution < 1.29 is 17.7 Å². The minimum atomic E-state index is -3.86. The molecule has 2 rings (SSSR count). The Morgan fingerprint density at radius 3 is 2.40 bits per heavy atom. The number of halogens is 2. The summed E-state index contributed by atoms with van der Waals surface area (Å²) in [5.41, 5.74) is 6.38. The molecular formula is C15H15BrFN3O4S. The first-order valence-electron chi connectivity index (χ1n) is 7.04. The van der Waals surface area contributed by atoms with Gasteiger partial charge < -0.3 is 5.73 Å². The molecule has 0 saturated carbocycles. The molecular weight excluding hydrogens is 417 g/mol. The molecule has 0 aliphatic heterocycles. The van der Waals surface area contributed by atoms with Gasteiger partial charge in [-0.25, -0.2) is 12.8 Å². The Hall–Kier alpha value is -1.88. The fourth-order valence-corrected chi connectivity index (χ4v) is 3.74. The molecule has 2 N–H and O–H groups in total. The maximum atomic E-state index is 13.3. The third-order valence-electron chi connectivity index (χ3n) is 3.58. The molecule has 0 fully saturated rings. The van der Waals surface area contributed by atoms with E-state index in [-0.39, 0.29) is 21.6 Å². The highest BCUT2D eigenvalue weighted by atomic mass is 79.9. The molecule has 0 radical (unpaired) electrons. The molecule has 2 aromatic rings. The number of rotatable bonds is 6. The summed E-state index contributed by atoms with van der Waals surface area (Å²) in [6.07, 6.45) is 0. The summed E-state index contributed by atoms with van der Waals surface area (Å²) in [5, 5.41) is 10.6. The van der Waals surface area contributed by atoms with Crippen molar-refractivity contribution in [1.29, 1.82) is 0 Å². The molecule has 0 aliphatic rings. The number of sulfonamides is 1. The van der Waals surface area contributed by atoms with E-state index in [1.165, 1.54) is 37.4 Å². The first-order valence-corrected chi connectivity index (χ1v) is 9.27. The van der Waals surface area contributed by atoms with Crippen LogP contribution in [-0.4, -0.2) is 31.2 Å². The summed E-state index contributed by atoms with van der Waals surface area (Å²) in [4.78, 5) is 9.96. The highest BCUT2D eigenvalue weighted by Gasteiger charge is 2.24. The zero-order valence-electron chi connectivity index (χ0n) is 13.1. The molecule has 25 heavy (non-hydrogen) atoms. The maximum absolute atomic E-state index is 13.3. The van der Waals surface area contributed by atoms with Gasteiger partial charge in [-0.15, -0.1) is 0 Å². The van der Waals surface area contributed by atoms with E-state index < -0.39 is 26.8 Å². The molecule has 134 valence electrons. The zero-order chi connectivity index (χ0) is 18.8. The quantitative estimate of drug-likeness (QED) is 0.558. The van der Waals surface area contributed by atoms with Crippen LogP contribution in [0.5, 0.6) is 0 Å². The highest BCUT2D eigenvalue weighted by molar-refractivity contribution is 9.10. The van der Waals surface area contributed by atoms with Crippen LogP contribution in [0.2, 0.25) is 0 Å². The fourth-order valence-electron chi connectivity index (χ4n) is 2.14. The van der Waals surface area contributed by atoms with Crippen molar-refractivity contribution in [2.45, 2.75) is 10.9 Å². The normalized spacial score (nSPS) is 13.0. The van der Waals surface area contributed by atoms with Crippen molar-refractivity contribution >= 4 is 31.6 Å². The van der Waals surface area contributed by atoms with E-state index in [1.807, 2.05) is 0 Å². The van der Waals surface area contributed by atoms with Crippen molar-refractivity contribution in [2.75, 3.05) is 13.6 Å². The number of benzene rings is 2. The smallest absolute Gasteiger partial charge is 0.269 e. The van der Waals surface area contributed by atoms with E-state index in [0.29, 0.717) is 5.56 Å². The Labute approximate surface area is 152 Å². The van der Waals surface area contributed by atoms with Gasteiger partial charge in [-0.3, -0.25) is 10.1 Å². The van der Waals surface area contributed by atoms with Gasteiger partial charge in [0.1, 0.15) is 5.82 Å². The van der Waals surface area contributed by atoms with Gasteiger partial charge in [-0.05, 0) is 45.8 Å². The second-order valence-corrected chi connectivity index (χ2v) is 8.22. The fraction of sp³-hybridized carbons (Fsp3) is 0.200. The Balaban J connectivity index is 2.18. The van der Waals surface area contributed by atoms with Crippen molar-refractivity contribution in [1.82, 2.24) is 4.31 Å². The predicted molar refractivity (Wildman–Crippen MR) is 93.9 cm³/mol. The van der Waals surface area contributed by atoms with Crippen molar-refractivity contribution in [3.63, 3.8) is 0 Å². The van der Waals surface area contributed by atoms with Crippen LogP contribution in [0.1, 0.15) is 11.6 Å². The molecule has 7 nitrogen and oxygen atoms in total. The first-order chi connectivity index (χ1) is 11.6. The largest absolute Gasteiger partial charge is 0.323 e. The number of nitrogens with zero attached hydrogens (tertiary/aromatic N) is 2. The molecule has 0 aliphatic carbocycles. The summed E-state index contributed by atoms with van der Waals surface area (Å²) < 4.78 is 39.6. The molecule has 0 amide bonds. The summed E-state index contributed by atoms with van der Waals surface area (Å²) in [6, 6.07) is 8.13. The van der Waals surface area contributed by atoms with Crippen LogP contribution in [0.3, 0.4) is 0 Å². The van der Waals surface area contributed by atoms with Gasteiger partial charge in [0.05, 0.1) is 14.3 Å². The van der Waals surface area contributed by atoms with Gasteiger partial charge in [0.25, 0.3) is 5.69 Å². The lowest BCUT2D eigenvalue weighted by molar-refractivity contribution is -0.384. The van der Waals surface area contributed by atoms with E-state index in [9.17, 15) is 22.9 Å². The number of non-ortho nitro benzene ring substituents is 1. The third-order valence-corrected chi connectivity index (χ3v) is 6.03. The lowest BCUT2D eigenvalue weighted by Crippen LogP contribution is -2.34. The SMILES string of the molecule is CN(C[C@@H](N)c1ccc(F)c(Br)c1)S(=O)(=O)c1ccc([N+](=O)[O-])cc1. The van der Waals surface area contributed by atoms with Crippen molar-refractivity contribution in [3.05, 3.63) is 68.4 Å². The number of nitro benzene ring substituents is 1. The molecule has 0 unspecified atom stereocenters. The Bertz CT molecular complexity index is 890. The lowest BCUT2D eigenvalue weighted by Gasteiger charge is -2.21. The van der Waals surface area contributed by atoms with E-state index in [1.54, 1.807) is 0 Å².